The summed E-state index contributed by atoms with van der Waals surface area (Å²) in [7, 11) is 2.12. The van der Waals surface area contributed by atoms with Crippen molar-refractivity contribution < 1.29 is 13.6 Å². The molecule has 0 spiro atoms. The Bertz CT molecular complexity index is 1220. The maximum atomic E-state index is 15.4. The van der Waals surface area contributed by atoms with Gasteiger partial charge in [-0.15, -0.1) is 0 Å². The van der Waals surface area contributed by atoms with Gasteiger partial charge in [0, 0.05) is 66.9 Å². The molecule has 170 valence electrons. The molecule has 6 nitrogen and oxygen atoms in total. The van der Waals surface area contributed by atoms with Crippen molar-refractivity contribution in [2.75, 3.05) is 50.4 Å². The maximum absolute atomic E-state index is 15.4. The van der Waals surface area contributed by atoms with E-state index < -0.39 is 17.5 Å². The molecular formula is C25H25F2N5O. The first kappa shape index (κ1) is 21.3. The molecule has 1 aromatic heterocycles. The number of halogens is 2. The van der Waals surface area contributed by atoms with Crippen LogP contribution in [0, 0.1) is 11.6 Å². The van der Waals surface area contributed by atoms with E-state index in [4.69, 9.17) is 5.73 Å². The van der Waals surface area contributed by atoms with Crippen LogP contribution in [-0.4, -0.2) is 55.6 Å². The zero-order valence-electron chi connectivity index (χ0n) is 18.4. The summed E-state index contributed by atoms with van der Waals surface area (Å²) in [5.74, 6) is -2.03. The molecule has 0 atom stereocenters. The first-order valence-corrected chi connectivity index (χ1v) is 11.0. The largest absolute Gasteiger partial charge is 0.383 e. The van der Waals surface area contributed by atoms with Crippen LogP contribution in [0.25, 0.3) is 22.3 Å². The van der Waals surface area contributed by atoms with Gasteiger partial charge in [0.25, 0.3) is 5.91 Å². The van der Waals surface area contributed by atoms with Crippen LogP contribution in [-0.2, 0) is 6.42 Å². The number of carbonyl (C=O) groups excluding carboxylic acids is 1. The molecule has 1 fully saturated rings. The van der Waals surface area contributed by atoms with Crippen LogP contribution in [0.4, 0.5) is 20.3 Å². The van der Waals surface area contributed by atoms with E-state index in [-0.39, 0.29) is 28.1 Å². The summed E-state index contributed by atoms with van der Waals surface area (Å²) in [4.78, 5) is 20.9. The van der Waals surface area contributed by atoms with Crippen LogP contribution in [0.1, 0.15) is 15.9 Å². The van der Waals surface area contributed by atoms with Gasteiger partial charge in [0.1, 0.15) is 17.5 Å². The number of piperazine rings is 1. The minimum Gasteiger partial charge on any atom is -0.383 e. The van der Waals surface area contributed by atoms with E-state index in [1.807, 2.05) is 12.1 Å². The summed E-state index contributed by atoms with van der Waals surface area (Å²) >= 11 is 0. The molecule has 2 aliphatic heterocycles. The topological polar surface area (TPSA) is 74.5 Å². The van der Waals surface area contributed by atoms with Crippen LogP contribution >= 0.6 is 0 Å². The van der Waals surface area contributed by atoms with E-state index in [2.05, 4.69) is 39.3 Å². The maximum Gasteiger partial charge on any atom is 0.251 e. The molecule has 3 aromatic rings. The number of anilines is 2. The minimum absolute atomic E-state index is 0.0298. The van der Waals surface area contributed by atoms with E-state index in [0.29, 0.717) is 18.5 Å². The Kier molecular flexibility index (Phi) is 5.46. The van der Waals surface area contributed by atoms with E-state index in [1.54, 1.807) is 12.3 Å². The molecule has 0 unspecified atom stereocenters. The molecular weight excluding hydrogens is 424 g/mol. The number of likely N-dealkylation sites (N-methyl/N-ethyl adjacent to an activating group) is 1. The van der Waals surface area contributed by atoms with Gasteiger partial charge in [-0.2, -0.15) is 0 Å². The van der Waals surface area contributed by atoms with E-state index in [1.165, 1.54) is 0 Å². The Morgan fingerprint density at radius 2 is 1.73 bits per heavy atom. The minimum atomic E-state index is -0.834. The number of benzene rings is 2. The van der Waals surface area contributed by atoms with Gasteiger partial charge in [-0.1, -0.05) is 12.1 Å². The quantitative estimate of drug-likeness (QED) is 0.642. The Morgan fingerprint density at radius 3 is 2.45 bits per heavy atom. The van der Waals surface area contributed by atoms with Crippen molar-refractivity contribution in [3.63, 3.8) is 0 Å². The van der Waals surface area contributed by atoms with Gasteiger partial charge in [0.2, 0.25) is 0 Å². The first-order chi connectivity index (χ1) is 15.9. The fourth-order valence-corrected chi connectivity index (χ4v) is 4.51. The van der Waals surface area contributed by atoms with Gasteiger partial charge >= 0.3 is 0 Å². The number of nitrogens with one attached hydrogen (secondary N) is 1. The highest BCUT2D eigenvalue weighted by atomic mass is 19.1. The highest BCUT2D eigenvalue weighted by Gasteiger charge is 2.27. The molecule has 0 radical (unpaired) electrons. The Labute approximate surface area is 191 Å². The number of carbonyl (C=O) groups is 1. The molecule has 1 saturated heterocycles. The van der Waals surface area contributed by atoms with Crippen LogP contribution in [0.3, 0.4) is 0 Å². The predicted octanol–water partition coefficient (Wildman–Crippen LogP) is 3.31. The summed E-state index contributed by atoms with van der Waals surface area (Å²) < 4.78 is 30.3. The number of hydrogen-bond acceptors (Lipinski definition) is 5. The lowest BCUT2D eigenvalue weighted by molar-refractivity contribution is 0.0944. The van der Waals surface area contributed by atoms with Crippen molar-refractivity contribution in [1.82, 2.24) is 15.2 Å². The fourth-order valence-electron chi connectivity index (χ4n) is 4.51. The van der Waals surface area contributed by atoms with Gasteiger partial charge < -0.3 is 20.9 Å². The van der Waals surface area contributed by atoms with Gasteiger partial charge in [0.05, 0.1) is 5.56 Å². The summed E-state index contributed by atoms with van der Waals surface area (Å²) in [6, 6.07) is 10.8. The fraction of sp³-hybridized carbons (Fsp3) is 0.280. The smallest absolute Gasteiger partial charge is 0.251 e. The molecule has 5 rings (SSSR count). The van der Waals surface area contributed by atoms with Crippen LogP contribution in [0.2, 0.25) is 0 Å². The third kappa shape index (κ3) is 3.91. The number of fused-ring (bicyclic) bond motifs is 1. The second-order valence-electron chi connectivity index (χ2n) is 8.57. The lowest BCUT2D eigenvalue weighted by Gasteiger charge is -2.34. The Hall–Kier alpha value is -3.52. The van der Waals surface area contributed by atoms with E-state index in [0.717, 1.165) is 43.5 Å². The van der Waals surface area contributed by atoms with Crippen molar-refractivity contribution in [3.8, 4) is 22.3 Å². The molecule has 1 amide bonds. The zero-order valence-corrected chi connectivity index (χ0v) is 18.4. The lowest BCUT2D eigenvalue weighted by atomic mass is 9.92. The molecule has 0 saturated carbocycles. The van der Waals surface area contributed by atoms with E-state index >= 15 is 4.39 Å². The highest BCUT2D eigenvalue weighted by molar-refractivity contribution is 5.98. The second kappa shape index (κ2) is 8.44. The normalized spacial score (nSPS) is 16.5. The second-order valence-corrected chi connectivity index (χ2v) is 8.57. The van der Waals surface area contributed by atoms with Gasteiger partial charge in [-0.25, -0.2) is 13.8 Å². The summed E-state index contributed by atoms with van der Waals surface area (Å²) in [5, 5.41) is 2.61. The number of aromatic nitrogens is 1. The number of pyridine rings is 1. The van der Waals surface area contributed by atoms with Crippen molar-refractivity contribution in [1.29, 1.82) is 0 Å². The lowest BCUT2D eigenvalue weighted by Crippen LogP contribution is -2.44. The number of hydrogen-bond donors (Lipinski definition) is 2. The SMILES string of the molecule is CN1CCN(c2ccc(-c3cnc(N)c(-c4c(F)cc5c(c4F)CCNC5=O)c3)cc2)CC1. The average Bonchev–Trinajstić information content (AvgIpc) is 2.82. The molecule has 8 heteroatoms. The summed E-state index contributed by atoms with van der Waals surface area (Å²) in [6.07, 6.45) is 1.90. The molecule has 3 N–H and O–H groups in total. The number of amides is 1. The number of nitrogens with two attached hydrogens (primary N) is 1. The van der Waals surface area contributed by atoms with Crippen molar-refractivity contribution >= 4 is 17.4 Å². The first-order valence-electron chi connectivity index (χ1n) is 11.0. The van der Waals surface area contributed by atoms with Gasteiger partial charge in [0.15, 0.2) is 0 Å². The third-order valence-electron chi connectivity index (χ3n) is 6.48. The van der Waals surface area contributed by atoms with Crippen LogP contribution in [0.15, 0.2) is 42.6 Å². The molecule has 0 aliphatic carbocycles. The Morgan fingerprint density at radius 1 is 1.00 bits per heavy atom. The van der Waals surface area contributed by atoms with E-state index in [9.17, 15) is 9.18 Å². The van der Waals surface area contributed by atoms with Gasteiger partial charge in [-0.3, -0.25) is 4.79 Å². The zero-order chi connectivity index (χ0) is 23.1. The van der Waals surface area contributed by atoms with Gasteiger partial charge in [-0.05, 0) is 43.3 Å². The summed E-state index contributed by atoms with van der Waals surface area (Å²) in [5.41, 5.74) is 8.93. The number of rotatable bonds is 3. The molecule has 33 heavy (non-hydrogen) atoms. The monoisotopic (exact) mass is 449 g/mol. The molecule has 2 aromatic carbocycles. The Balaban J connectivity index is 1.50. The molecule has 2 aliphatic rings. The van der Waals surface area contributed by atoms with Crippen LogP contribution in [0.5, 0.6) is 0 Å². The van der Waals surface area contributed by atoms with Crippen LogP contribution < -0.4 is 16.0 Å². The number of nitrogen functional groups attached to an aromatic ring is 1. The van der Waals surface area contributed by atoms with Crippen molar-refractivity contribution in [3.05, 3.63) is 65.4 Å². The third-order valence-corrected chi connectivity index (χ3v) is 6.48. The standard InChI is InChI=1S/C25H25F2N5O/c1-31-8-10-32(11-9-31)17-4-2-15(3-5-17)16-12-20(24(28)30-14-16)22-21(26)13-19-18(23(22)27)6-7-29-25(19)33/h2-5,12-14H,6-11H2,1H3,(H2,28,30)(H,29,33). The molecule has 3 heterocycles. The molecule has 0 bridgehead atoms. The number of nitrogens with zero attached hydrogens (tertiary/aromatic N) is 3. The predicted molar refractivity (Wildman–Crippen MR) is 125 cm³/mol. The highest BCUT2D eigenvalue weighted by Crippen LogP contribution is 2.36. The van der Waals surface area contributed by atoms with Crippen molar-refractivity contribution in [2.24, 2.45) is 0 Å². The average molecular weight is 450 g/mol. The summed E-state index contributed by atoms with van der Waals surface area (Å²) in [6.45, 7) is 4.29. The van der Waals surface area contributed by atoms with Crippen molar-refractivity contribution in [2.45, 2.75) is 6.42 Å².